The second-order valence-electron chi connectivity index (χ2n) is 6.20. The minimum atomic E-state index is -1.35. The van der Waals surface area contributed by atoms with Crippen molar-refractivity contribution in [1.29, 1.82) is 0 Å². The molecular formula is C16H16O4S. The van der Waals surface area contributed by atoms with Crippen molar-refractivity contribution < 1.29 is 14.6 Å². The number of hydrogen-bond donors (Lipinski definition) is 1. The molecule has 1 aliphatic carbocycles. The van der Waals surface area contributed by atoms with Crippen LogP contribution in [-0.2, 0) is 12.8 Å². The summed E-state index contributed by atoms with van der Waals surface area (Å²) in [5.41, 5.74) is 1.22. The van der Waals surface area contributed by atoms with Crippen LogP contribution in [-0.4, -0.2) is 11.3 Å². The highest BCUT2D eigenvalue weighted by Gasteiger charge is 2.28. The topological polar surface area (TPSA) is 63.6 Å². The predicted octanol–water partition coefficient (Wildman–Crippen LogP) is 3.83. The molecule has 1 aromatic carbocycles. The third-order valence-corrected chi connectivity index (χ3v) is 5.13. The van der Waals surface area contributed by atoms with Gasteiger partial charge in [-0.3, -0.25) is 4.79 Å². The average molecular weight is 304 g/mol. The lowest BCUT2D eigenvalue weighted by Gasteiger charge is -2.30. The van der Waals surface area contributed by atoms with E-state index in [0.717, 1.165) is 34.4 Å². The summed E-state index contributed by atoms with van der Waals surface area (Å²) >= 11 is 1.57. The van der Waals surface area contributed by atoms with E-state index in [1.165, 1.54) is 6.07 Å². The molecule has 21 heavy (non-hydrogen) atoms. The maximum Gasteiger partial charge on any atom is 0.511 e. The van der Waals surface area contributed by atoms with Gasteiger partial charge in [-0.05, 0) is 42.9 Å². The highest BCUT2D eigenvalue weighted by atomic mass is 32.1. The lowest BCUT2D eigenvalue weighted by Crippen LogP contribution is -2.26. The fourth-order valence-corrected chi connectivity index (χ4v) is 4.30. The third-order valence-electron chi connectivity index (χ3n) is 3.94. The van der Waals surface area contributed by atoms with Gasteiger partial charge in [0, 0.05) is 20.5 Å². The summed E-state index contributed by atoms with van der Waals surface area (Å²) < 4.78 is 5.46. The van der Waals surface area contributed by atoms with Crippen molar-refractivity contribution in [2.45, 2.75) is 33.1 Å². The van der Waals surface area contributed by atoms with Crippen LogP contribution in [0, 0.1) is 5.41 Å². The molecule has 1 N–H and O–H groups in total. The zero-order valence-electron chi connectivity index (χ0n) is 11.9. The Morgan fingerprint density at radius 3 is 2.86 bits per heavy atom. The molecule has 0 amide bonds. The van der Waals surface area contributed by atoms with Gasteiger partial charge in [0.15, 0.2) is 5.43 Å². The van der Waals surface area contributed by atoms with Gasteiger partial charge in [0.1, 0.15) is 5.75 Å². The van der Waals surface area contributed by atoms with Crippen LogP contribution in [0.1, 0.15) is 30.7 Å². The van der Waals surface area contributed by atoms with Gasteiger partial charge in [-0.15, -0.1) is 11.3 Å². The summed E-state index contributed by atoms with van der Waals surface area (Å²) in [6.45, 7) is 4.42. The fourth-order valence-electron chi connectivity index (χ4n) is 2.80. The van der Waals surface area contributed by atoms with Gasteiger partial charge >= 0.3 is 6.16 Å². The lowest BCUT2D eigenvalue weighted by molar-refractivity contribution is 0.144. The molecule has 0 unspecified atom stereocenters. The Morgan fingerprint density at radius 2 is 2.14 bits per heavy atom. The molecule has 3 rings (SSSR count). The summed E-state index contributed by atoms with van der Waals surface area (Å²) in [5, 5.41) is 9.32. The molecule has 2 aromatic rings. The van der Waals surface area contributed by atoms with Gasteiger partial charge in [-0.1, -0.05) is 13.8 Å². The number of rotatable bonds is 1. The molecule has 4 nitrogen and oxygen atoms in total. The Kier molecular flexibility index (Phi) is 3.24. The number of carbonyl (C=O) groups is 1. The Hall–Kier alpha value is -1.88. The van der Waals surface area contributed by atoms with Crippen LogP contribution in [0.3, 0.4) is 0 Å². The lowest BCUT2D eigenvalue weighted by atomic mass is 9.77. The first-order valence-corrected chi connectivity index (χ1v) is 7.67. The number of hydrogen-bond acceptors (Lipinski definition) is 4. The molecule has 0 bridgehead atoms. The van der Waals surface area contributed by atoms with E-state index in [-0.39, 0.29) is 16.6 Å². The van der Waals surface area contributed by atoms with Crippen molar-refractivity contribution >= 4 is 27.6 Å². The van der Waals surface area contributed by atoms with Gasteiger partial charge in [0.25, 0.3) is 0 Å². The van der Waals surface area contributed by atoms with Crippen molar-refractivity contribution in [2.75, 3.05) is 0 Å². The first-order valence-electron chi connectivity index (χ1n) is 6.85. The molecule has 0 spiro atoms. The minimum Gasteiger partial charge on any atom is -0.449 e. The molecule has 0 saturated heterocycles. The molecule has 0 atom stereocenters. The van der Waals surface area contributed by atoms with Crippen molar-refractivity contribution in [1.82, 2.24) is 0 Å². The van der Waals surface area contributed by atoms with Crippen LogP contribution in [0.2, 0.25) is 0 Å². The quantitative estimate of drug-likeness (QED) is 0.642. The summed E-state index contributed by atoms with van der Waals surface area (Å²) in [7, 11) is 0. The zero-order chi connectivity index (χ0) is 15.2. The van der Waals surface area contributed by atoms with E-state index in [2.05, 4.69) is 18.6 Å². The predicted molar refractivity (Wildman–Crippen MR) is 82.6 cm³/mol. The van der Waals surface area contributed by atoms with E-state index in [0.29, 0.717) is 5.39 Å². The Labute approximate surface area is 126 Å². The van der Waals surface area contributed by atoms with Crippen molar-refractivity contribution in [3.63, 3.8) is 0 Å². The normalized spacial score (nSPS) is 16.5. The van der Waals surface area contributed by atoms with Crippen LogP contribution in [0.5, 0.6) is 5.75 Å². The van der Waals surface area contributed by atoms with Crippen LogP contribution < -0.4 is 10.2 Å². The minimum absolute atomic E-state index is 0.0797. The van der Waals surface area contributed by atoms with Gasteiger partial charge in [0.2, 0.25) is 0 Å². The molecule has 0 aliphatic heterocycles. The van der Waals surface area contributed by atoms with Crippen LogP contribution >= 0.6 is 11.3 Å². The monoisotopic (exact) mass is 304 g/mol. The highest BCUT2D eigenvalue weighted by Crippen LogP contribution is 2.37. The molecule has 1 aliphatic rings. The Balaban J connectivity index is 2.16. The molecule has 0 fully saturated rings. The van der Waals surface area contributed by atoms with Gasteiger partial charge in [0.05, 0.1) is 0 Å². The molecule has 1 heterocycles. The molecule has 110 valence electrons. The van der Waals surface area contributed by atoms with Crippen LogP contribution in [0.15, 0.2) is 23.0 Å². The summed E-state index contributed by atoms with van der Waals surface area (Å²) in [6.07, 6.45) is 1.39. The van der Waals surface area contributed by atoms with E-state index < -0.39 is 6.16 Å². The Morgan fingerprint density at radius 1 is 1.38 bits per heavy atom. The van der Waals surface area contributed by atoms with Gasteiger partial charge in [-0.2, -0.15) is 0 Å². The zero-order valence-corrected chi connectivity index (χ0v) is 12.8. The van der Waals surface area contributed by atoms with E-state index in [4.69, 9.17) is 5.11 Å². The molecule has 5 heteroatoms. The number of fused-ring (bicyclic) bond motifs is 2. The van der Waals surface area contributed by atoms with E-state index in [1.807, 2.05) is 0 Å². The van der Waals surface area contributed by atoms with Crippen molar-refractivity contribution in [3.8, 4) is 5.75 Å². The van der Waals surface area contributed by atoms with Crippen molar-refractivity contribution in [2.24, 2.45) is 5.41 Å². The number of benzene rings is 1. The van der Waals surface area contributed by atoms with Crippen molar-refractivity contribution in [3.05, 3.63) is 38.9 Å². The van der Waals surface area contributed by atoms with E-state index >= 15 is 0 Å². The first kappa shape index (κ1) is 14.1. The van der Waals surface area contributed by atoms with Crippen LogP contribution in [0.25, 0.3) is 10.1 Å². The molecule has 0 radical (unpaired) electrons. The fraction of sp³-hybridized carbons (Fsp3) is 0.375. The van der Waals surface area contributed by atoms with E-state index in [1.54, 1.807) is 23.5 Å². The maximum absolute atomic E-state index is 12.6. The molecular weight excluding hydrogens is 288 g/mol. The summed E-state index contributed by atoms with van der Waals surface area (Å²) in [4.78, 5) is 24.3. The maximum atomic E-state index is 12.6. The molecule has 0 saturated carbocycles. The largest absolute Gasteiger partial charge is 0.511 e. The summed E-state index contributed by atoms with van der Waals surface area (Å²) in [5.74, 6) is 0.251. The van der Waals surface area contributed by atoms with Gasteiger partial charge < -0.3 is 9.84 Å². The summed E-state index contributed by atoms with van der Waals surface area (Å²) in [6, 6.07) is 4.83. The Bertz CT molecular complexity index is 789. The third kappa shape index (κ3) is 2.65. The standard InChI is InChI=1S/C16H16O4S/c1-16(2)6-5-11-13(8-16)21-12-7-9(20-15(18)19)3-4-10(12)14(11)17/h3-4,7H,5-6,8H2,1-2H3,(H,18,19). The van der Waals surface area contributed by atoms with E-state index in [9.17, 15) is 9.59 Å². The van der Waals surface area contributed by atoms with Crippen LogP contribution in [0.4, 0.5) is 4.79 Å². The number of ether oxygens (including phenoxy) is 1. The highest BCUT2D eigenvalue weighted by molar-refractivity contribution is 7.18. The second-order valence-corrected chi connectivity index (χ2v) is 7.34. The number of carboxylic acid groups (broad SMARTS) is 1. The average Bonchev–Trinajstić information content (AvgIpc) is 2.36. The second kappa shape index (κ2) is 4.84. The smallest absolute Gasteiger partial charge is 0.449 e. The SMILES string of the molecule is CC1(C)CCc2c(sc3cc(OC(=O)O)ccc3c2=O)C1. The first-order chi connectivity index (χ1) is 9.85. The van der Waals surface area contributed by atoms with Gasteiger partial charge in [-0.25, -0.2) is 4.79 Å². The molecule has 1 aromatic heterocycles.